The lowest BCUT2D eigenvalue weighted by Gasteiger charge is -1.90. The zero-order valence-corrected chi connectivity index (χ0v) is 8.54. The van der Waals surface area contributed by atoms with Crippen molar-refractivity contribution in [3.05, 3.63) is 0 Å². The highest BCUT2D eigenvalue weighted by molar-refractivity contribution is 6.18. The number of rotatable bonds is 3. The van der Waals surface area contributed by atoms with Crippen molar-refractivity contribution in [3.8, 4) is 0 Å². The maximum atomic E-state index is 5.32. The van der Waals surface area contributed by atoms with Crippen molar-refractivity contribution in [3.63, 3.8) is 0 Å². The van der Waals surface area contributed by atoms with Crippen molar-refractivity contribution in [2.75, 3.05) is 32.9 Å². The van der Waals surface area contributed by atoms with Crippen molar-refractivity contribution in [2.45, 2.75) is 12.8 Å². The summed E-state index contributed by atoms with van der Waals surface area (Å²) in [5.74, 6) is 1.49. The van der Waals surface area contributed by atoms with E-state index in [9.17, 15) is 0 Å². The Kier molecular flexibility index (Phi) is 16.1. The highest BCUT2D eigenvalue weighted by Gasteiger charge is 1.78. The zero-order chi connectivity index (χ0) is 8.41. The van der Waals surface area contributed by atoms with Crippen LogP contribution in [0.5, 0.6) is 0 Å². The molecule has 0 aromatic rings. The number of unbranched alkanes of at least 4 members (excludes halogenated alkanes) is 1. The molecule has 0 saturated heterocycles. The maximum Gasteiger partial charge on any atom is 0.0223 e. The summed E-state index contributed by atoms with van der Waals surface area (Å²) in [6.45, 7) is 0. The van der Waals surface area contributed by atoms with Gasteiger partial charge >= 0.3 is 0 Å². The molecule has 64 valence electrons. The van der Waals surface area contributed by atoms with Crippen LogP contribution < -0.4 is 0 Å². The average Bonchev–Trinajstić information content (AvgIpc) is 1.82. The van der Waals surface area contributed by atoms with Crippen LogP contribution in [-0.4, -0.2) is 37.8 Å². The van der Waals surface area contributed by atoms with E-state index >= 15 is 0 Å². The van der Waals surface area contributed by atoms with Gasteiger partial charge < -0.3 is 4.90 Å². The van der Waals surface area contributed by atoms with E-state index in [0.717, 1.165) is 24.6 Å². The van der Waals surface area contributed by atoms with Crippen molar-refractivity contribution in [1.82, 2.24) is 4.90 Å². The minimum absolute atomic E-state index is 0.743. The first-order chi connectivity index (χ1) is 4.65. The van der Waals surface area contributed by atoms with Gasteiger partial charge in [0.2, 0.25) is 0 Å². The van der Waals surface area contributed by atoms with Crippen molar-refractivity contribution in [1.29, 1.82) is 0 Å². The van der Waals surface area contributed by atoms with E-state index < -0.39 is 0 Å². The van der Waals surface area contributed by atoms with Crippen LogP contribution >= 0.6 is 23.2 Å². The van der Waals surface area contributed by atoms with Crippen LogP contribution in [0.1, 0.15) is 12.8 Å². The lowest BCUT2D eigenvalue weighted by molar-refractivity contribution is 0.505. The van der Waals surface area contributed by atoms with E-state index in [1.54, 1.807) is 0 Å². The van der Waals surface area contributed by atoms with E-state index in [1.807, 2.05) is 26.0 Å². The molecule has 0 spiro atoms. The second-order valence-electron chi connectivity index (χ2n) is 2.43. The first-order valence-electron chi connectivity index (χ1n) is 3.38. The lowest BCUT2D eigenvalue weighted by Crippen LogP contribution is -1.99. The summed E-state index contributed by atoms with van der Waals surface area (Å²) >= 11 is 10.6. The summed E-state index contributed by atoms with van der Waals surface area (Å²) in [6.07, 6.45) is 2.09. The minimum Gasteiger partial charge on any atom is -0.312 e. The molecule has 0 saturated carbocycles. The fourth-order valence-electron chi connectivity index (χ4n) is 0.189. The van der Waals surface area contributed by atoms with Crippen molar-refractivity contribution >= 4 is 23.2 Å². The molecule has 0 heterocycles. The molecule has 0 aromatic heterocycles. The number of hydrogen-bond acceptors (Lipinski definition) is 1. The Hall–Kier alpha value is 0.540. The first kappa shape index (κ1) is 13.2. The molecule has 3 heteroatoms. The summed E-state index contributed by atoms with van der Waals surface area (Å²) in [5.41, 5.74) is 0. The third kappa shape index (κ3) is 38.7. The average molecular weight is 186 g/mol. The Morgan fingerprint density at radius 3 is 1.20 bits per heavy atom. The van der Waals surface area contributed by atoms with Gasteiger partial charge in [0.05, 0.1) is 0 Å². The van der Waals surface area contributed by atoms with E-state index in [2.05, 4.69) is 0 Å². The molecule has 0 aliphatic carbocycles. The summed E-state index contributed by atoms with van der Waals surface area (Å²) in [4.78, 5) is 2.00. The molecule has 0 aliphatic rings. The van der Waals surface area contributed by atoms with Crippen LogP contribution in [0.15, 0.2) is 0 Å². The van der Waals surface area contributed by atoms with Crippen LogP contribution in [0.25, 0.3) is 0 Å². The SMILES string of the molecule is CN(C)C.ClCCCCCl. The van der Waals surface area contributed by atoms with Crippen LogP contribution in [0, 0.1) is 0 Å². The molecule has 0 atom stereocenters. The van der Waals surface area contributed by atoms with Gasteiger partial charge in [0.1, 0.15) is 0 Å². The largest absolute Gasteiger partial charge is 0.312 e. The molecular formula is C7H17Cl2N. The molecule has 0 amide bonds. The molecule has 0 aliphatic heterocycles. The number of hydrogen-bond donors (Lipinski definition) is 0. The second-order valence-corrected chi connectivity index (χ2v) is 3.18. The van der Waals surface area contributed by atoms with Crippen LogP contribution in [0.3, 0.4) is 0 Å². The minimum atomic E-state index is 0.743. The fraction of sp³-hybridized carbons (Fsp3) is 1.00. The number of nitrogens with zero attached hydrogens (tertiary/aromatic N) is 1. The van der Waals surface area contributed by atoms with Gasteiger partial charge in [-0.1, -0.05) is 0 Å². The van der Waals surface area contributed by atoms with Gasteiger partial charge in [-0.3, -0.25) is 0 Å². The standard InChI is InChI=1S/C4H8Cl2.C3H9N/c5-3-1-2-4-6;1-4(2)3/h1-4H2;1-3H3. The molecule has 0 fully saturated rings. The molecule has 0 unspecified atom stereocenters. The quantitative estimate of drug-likeness (QED) is 0.483. The van der Waals surface area contributed by atoms with Crippen molar-refractivity contribution < 1.29 is 0 Å². The normalized spacial score (nSPS) is 9.00. The summed E-state index contributed by atoms with van der Waals surface area (Å²) in [6, 6.07) is 0. The molecule has 0 rings (SSSR count). The van der Waals surface area contributed by atoms with Gasteiger partial charge in [-0.2, -0.15) is 0 Å². The van der Waals surface area contributed by atoms with Gasteiger partial charge in [0, 0.05) is 11.8 Å². The molecule has 0 radical (unpaired) electrons. The number of halogens is 2. The highest BCUT2D eigenvalue weighted by atomic mass is 35.5. The van der Waals surface area contributed by atoms with Gasteiger partial charge in [-0.05, 0) is 34.0 Å². The predicted octanol–water partition coefficient (Wildman–Crippen LogP) is 2.42. The monoisotopic (exact) mass is 185 g/mol. The Morgan fingerprint density at radius 2 is 1.10 bits per heavy atom. The predicted molar refractivity (Wildman–Crippen MR) is 50.3 cm³/mol. The summed E-state index contributed by atoms with van der Waals surface area (Å²) in [5, 5.41) is 0. The van der Waals surface area contributed by atoms with Gasteiger partial charge in [0.15, 0.2) is 0 Å². The molecule has 0 aromatic carbocycles. The molecule has 10 heavy (non-hydrogen) atoms. The second kappa shape index (κ2) is 12.2. The third-order valence-corrected chi connectivity index (χ3v) is 1.05. The molecular weight excluding hydrogens is 169 g/mol. The van der Waals surface area contributed by atoms with E-state index in [-0.39, 0.29) is 0 Å². The molecule has 1 nitrogen and oxygen atoms in total. The van der Waals surface area contributed by atoms with Gasteiger partial charge in [-0.25, -0.2) is 0 Å². The summed E-state index contributed by atoms with van der Waals surface area (Å²) in [7, 11) is 6.00. The van der Waals surface area contributed by atoms with Crippen LogP contribution in [-0.2, 0) is 0 Å². The van der Waals surface area contributed by atoms with E-state index in [0.29, 0.717) is 0 Å². The number of alkyl halides is 2. The summed E-state index contributed by atoms with van der Waals surface area (Å²) < 4.78 is 0. The smallest absolute Gasteiger partial charge is 0.0223 e. The van der Waals surface area contributed by atoms with Gasteiger partial charge in [0.25, 0.3) is 0 Å². The topological polar surface area (TPSA) is 3.24 Å². The van der Waals surface area contributed by atoms with Gasteiger partial charge in [-0.15, -0.1) is 23.2 Å². The highest BCUT2D eigenvalue weighted by Crippen LogP contribution is 1.92. The third-order valence-electron chi connectivity index (χ3n) is 0.517. The van der Waals surface area contributed by atoms with E-state index in [4.69, 9.17) is 23.2 Å². The Balaban J connectivity index is 0. The van der Waals surface area contributed by atoms with Crippen LogP contribution in [0.2, 0.25) is 0 Å². The van der Waals surface area contributed by atoms with E-state index in [1.165, 1.54) is 0 Å². The zero-order valence-electron chi connectivity index (χ0n) is 7.03. The Morgan fingerprint density at radius 1 is 0.900 bits per heavy atom. The Bertz CT molecular complexity index is 42.1. The van der Waals surface area contributed by atoms with Crippen molar-refractivity contribution in [2.24, 2.45) is 0 Å². The maximum absolute atomic E-state index is 5.32. The van der Waals surface area contributed by atoms with Crippen LogP contribution in [0.4, 0.5) is 0 Å². The fourth-order valence-corrected chi connectivity index (χ4v) is 0.567. The molecule has 0 N–H and O–H groups in total. The molecule has 0 bridgehead atoms. The lowest BCUT2D eigenvalue weighted by atomic mass is 10.4. The Labute approximate surface area is 74.3 Å². The first-order valence-corrected chi connectivity index (χ1v) is 4.45.